The second kappa shape index (κ2) is 9.34. The van der Waals surface area contributed by atoms with Crippen LogP contribution < -0.4 is 15.0 Å². The number of methoxy groups -OCH3 is 2. The Morgan fingerprint density at radius 3 is 2.61 bits per heavy atom. The van der Waals surface area contributed by atoms with E-state index in [1.54, 1.807) is 30.3 Å². The molecule has 0 aliphatic heterocycles. The Morgan fingerprint density at radius 1 is 1.29 bits per heavy atom. The number of nitrogens with one attached hydrogen (secondary N) is 1. The Morgan fingerprint density at radius 2 is 2.04 bits per heavy atom. The minimum atomic E-state index is -0.718. The molecule has 0 radical (unpaired) electrons. The number of ether oxygens (including phenoxy) is 3. The highest BCUT2D eigenvalue weighted by Crippen LogP contribution is 2.30. The van der Waals surface area contributed by atoms with Crippen LogP contribution in [0.5, 0.6) is 11.5 Å². The van der Waals surface area contributed by atoms with Gasteiger partial charge < -0.3 is 19.2 Å². The average Bonchev–Trinajstić information content (AvgIpc) is 2.66. The van der Waals surface area contributed by atoms with Crippen molar-refractivity contribution in [3.8, 4) is 17.6 Å². The van der Waals surface area contributed by atoms with Crippen molar-refractivity contribution in [3.63, 3.8) is 0 Å². The molecular formula is C19H19N3O6. The number of benzene rings is 1. The standard InChI is InChI=1S/C19H19N3O6/c1-4-28-17-9-12(6-8-16(17)27-3)5-7-15-18(22(24)25)14(11-26-2)13(10-20)19(23)21-15/h5-9H,4,11H2,1-3H3,(H,21,23)/b7-5+. The fraction of sp³-hybridized carbons (Fsp3) is 0.263. The van der Waals surface area contributed by atoms with Crippen molar-refractivity contribution >= 4 is 17.8 Å². The van der Waals surface area contributed by atoms with Crippen LogP contribution in [-0.2, 0) is 11.3 Å². The van der Waals surface area contributed by atoms with Gasteiger partial charge in [-0.3, -0.25) is 14.9 Å². The van der Waals surface area contributed by atoms with Gasteiger partial charge in [0.1, 0.15) is 17.3 Å². The number of aromatic nitrogens is 1. The highest BCUT2D eigenvalue weighted by molar-refractivity contribution is 5.74. The van der Waals surface area contributed by atoms with Gasteiger partial charge in [0.15, 0.2) is 11.5 Å². The highest BCUT2D eigenvalue weighted by Gasteiger charge is 2.25. The number of nitriles is 1. The van der Waals surface area contributed by atoms with E-state index in [-0.39, 0.29) is 29.1 Å². The molecule has 1 aromatic carbocycles. The minimum Gasteiger partial charge on any atom is -0.493 e. The molecule has 0 saturated carbocycles. The predicted molar refractivity (Wildman–Crippen MR) is 102 cm³/mol. The quantitative estimate of drug-likeness (QED) is 0.546. The summed E-state index contributed by atoms with van der Waals surface area (Å²) in [7, 11) is 2.85. The van der Waals surface area contributed by atoms with Crippen LogP contribution >= 0.6 is 0 Å². The monoisotopic (exact) mass is 385 g/mol. The molecule has 2 rings (SSSR count). The van der Waals surface area contributed by atoms with Crippen molar-refractivity contribution in [2.45, 2.75) is 13.5 Å². The molecule has 1 heterocycles. The van der Waals surface area contributed by atoms with Gasteiger partial charge in [-0.25, -0.2) is 0 Å². The van der Waals surface area contributed by atoms with Crippen LogP contribution in [0.1, 0.15) is 29.3 Å². The summed E-state index contributed by atoms with van der Waals surface area (Å²) in [5.41, 5.74) is -0.860. The van der Waals surface area contributed by atoms with Gasteiger partial charge >= 0.3 is 0 Å². The molecular weight excluding hydrogens is 366 g/mol. The number of pyridine rings is 1. The Bertz CT molecular complexity index is 1000. The Balaban J connectivity index is 2.57. The number of rotatable bonds is 8. The summed E-state index contributed by atoms with van der Waals surface area (Å²) in [5, 5.41) is 20.7. The van der Waals surface area contributed by atoms with Crippen molar-refractivity contribution < 1.29 is 19.1 Å². The van der Waals surface area contributed by atoms with Crippen molar-refractivity contribution in [2.24, 2.45) is 0 Å². The maximum absolute atomic E-state index is 12.1. The van der Waals surface area contributed by atoms with Crippen LogP contribution in [0.25, 0.3) is 12.2 Å². The minimum absolute atomic E-state index is 0.0326. The van der Waals surface area contributed by atoms with Gasteiger partial charge in [0.05, 0.1) is 30.8 Å². The lowest BCUT2D eigenvalue weighted by Crippen LogP contribution is -2.18. The van der Waals surface area contributed by atoms with E-state index in [0.29, 0.717) is 23.7 Å². The van der Waals surface area contributed by atoms with E-state index in [1.807, 2.05) is 6.92 Å². The van der Waals surface area contributed by atoms with Crippen molar-refractivity contribution in [2.75, 3.05) is 20.8 Å². The average molecular weight is 385 g/mol. The van der Waals surface area contributed by atoms with Crippen LogP contribution in [0, 0.1) is 21.4 Å². The zero-order valence-electron chi connectivity index (χ0n) is 15.6. The van der Waals surface area contributed by atoms with E-state index in [9.17, 15) is 14.9 Å². The van der Waals surface area contributed by atoms with Crippen molar-refractivity contribution in [1.82, 2.24) is 4.98 Å². The van der Waals surface area contributed by atoms with E-state index >= 15 is 0 Å². The predicted octanol–water partition coefficient (Wildman–Crippen LogP) is 2.88. The topological polar surface area (TPSA) is 127 Å². The molecule has 0 saturated heterocycles. The molecule has 1 N–H and O–H groups in total. The number of hydrogen-bond donors (Lipinski definition) is 1. The number of nitro groups is 1. The first kappa shape index (κ1) is 20.7. The Hall–Kier alpha value is -3.64. The summed E-state index contributed by atoms with van der Waals surface area (Å²) in [6.07, 6.45) is 2.99. The van der Waals surface area contributed by atoms with Crippen LogP contribution in [0.3, 0.4) is 0 Å². The third-order valence-corrected chi connectivity index (χ3v) is 3.83. The molecule has 0 aliphatic carbocycles. The number of H-pyrrole nitrogens is 1. The van der Waals surface area contributed by atoms with Crippen molar-refractivity contribution in [3.05, 3.63) is 61.1 Å². The first-order valence-corrected chi connectivity index (χ1v) is 8.28. The molecule has 0 bridgehead atoms. The number of nitrogens with zero attached hydrogens (tertiary/aromatic N) is 2. The number of aromatic amines is 1. The normalized spacial score (nSPS) is 10.6. The maximum Gasteiger partial charge on any atom is 0.299 e. The fourth-order valence-electron chi connectivity index (χ4n) is 2.64. The molecule has 28 heavy (non-hydrogen) atoms. The van der Waals surface area contributed by atoms with Gasteiger partial charge in [0.2, 0.25) is 0 Å². The third-order valence-electron chi connectivity index (χ3n) is 3.83. The highest BCUT2D eigenvalue weighted by atomic mass is 16.6. The van der Waals surface area contributed by atoms with E-state index in [0.717, 1.165) is 0 Å². The Kier molecular flexibility index (Phi) is 6.90. The molecule has 146 valence electrons. The molecule has 0 aliphatic rings. The van der Waals surface area contributed by atoms with Crippen LogP contribution in [-0.4, -0.2) is 30.7 Å². The van der Waals surface area contributed by atoms with Gasteiger partial charge in [-0.1, -0.05) is 12.1 Å². The van der Waals surface area contributed by atoms with Gasteiger partial charge in [-0.15, -0.1) is 0 Å². The second-order valence-electron chi connectivity index (χ2n) is 5.55. The lowest BCUT2D eigenvalue weighted by atomic mass is 10.1. The lowest BCUT2D eigenvalue weighted by molar-refractivity contribution is -0.386. The summed E-state index contributed by atoms with van der Waals surface area (Å²) >= 11 is 0. The van der Waals surface area contributed by atoms with E-state index in [1.165, 1.54) is 20.3 Å². The molecule has 0 spiro atoms. The van der Waals surface area contributed by atoms with Gasteiger partial charge in [-0.2, -0.15) is 5.26 Å². The van der Waals surface area contributed by atoms with E-state index in [4.69, 9.17) is 19.5 Å². The maximum atomic E-state index is 12.1. The zero-order valence-corrected chi connectivity index (χ0v) is 15.6. The van der Waals surface area contributed by atoms with Crippen LogP contribution in [0.4, 0.5) is 5.69 Å². The summed E-state index contributed by atoms with van der Waals surface area (Å²) in [4.78, 5) is 25.5. The SMILES string of the molecule is CCOc1cc(/C=C/c2[nH]c(=O)c(C#N)c(COC)c2[N+](=O)[O-])ccc1OC. The molecule has 0 unspecified atom stereocenters. The molecule has 0 fully saturated rings. The van der Waals surface area contributed by atoms with Gasteiger partial charge in [0, 0.05) is 7.11 Å². The Labute approximate surface area is 160 Å². The molecule has 1 aromatic heterocycles. The first-order chi connectivity index (χ1) is 13.5. The summed E-state index contributed by atoms with van der Waals surface area (Å²) in [6, 6.07) is 6.85. The molecule has 9 heteroatoms. The van der Waals surface area contributed by atoms with Gasteiger partial charge in [0.25, 0.3) is 11.2 Å². The summed E-state index contributed by atoms with van der Waals surface area (Å²) in [5.74, 6) is 1.08. The van der Waals surface area contributed by atoms with E-state index in [2.05, 4.69) is 4.98 Å². The first-order valence-electron chi connectivity index (χ1n) is 8.28. The van der Waals surface area contributed by atoms with Crippen LogP contribution in [0.2, 0.25) is 0 Å². The second-order valence-corrected chi connectivity index (χ2v) is 5.55. The largest absolute Gasteiger partial charge is 0.493 e. The smallest absolute Gasteiger partial charge is 0.299 e. The van der Waals surface area contributed by atoms with Crippen molar-refractivity contribution in [1.29, 1.82) is 5.26 Å². The van der Waals surface area contributed by atoms with Gasteiger partial charge in [-0.05, 0) is 30.7 Å². The molecule has 0 amide bonds. The van der Waals surface area contributed by atoms with Crippen LogP contribution in [0.15, 0.2) is 23.0 Å². The lowest BCUT2D eigenvalue weighted by Gasteiger charge is -2.10. The zero-order chi connectivity index (χ0) is 20.7. The molecule has 2 aromatic rings. The summed E-state index contributed by atoms with van der Waals surface area (Å²) < 4.78 is 15.7. The fourth-order valence-corrected chi connectivity index (χ4v) is 2.64. The molecule has 9 nitrogen and oxygen atoms in total. The third kappa shape index (κ3) is 4.36. The van der Waals surface area contributed by atoms with E-state index < -0.39 is 10.5 Å². The summed E-state index contributed by atoms with van der Waals surface area (Å²) in [6.45, 7) is 2.05. The molecule has 0 atom stereocenters. The number of hydrogen-bond acceptors (Lipinski definition) is 7.